The molecule has 0 amide bonds. The quantitative estimate of drug-likeness (QED) is 0.744. The van der Waals surface area contributed by atoms with Gasteiger partial charge >= 0.3 is 0 Å². The Morgan fingerprint density at radius 3 is 2.47 bits per heavy atom. The number of rotatable bonds is 3. The smallest absolute Gasteiger partial charge is 0.224 e. The van der Waals surface area contributed by atoms with Crippen LogP contribution in [0.1, 0.15) is 32.9 Å². The third-order valence-electron chi connectivity index (χ3n) is 2.93. The number of halogens is 1. The molecule has 1 rings (SSSR count). The van der Waals surface area contributed by atoms with Crippen LogP contribution < -0.4 is 4.90 Å². The molecule has 3 nitrogen and oxygen atoms in total. The zero-order valence-electron chi connectivity index (χ0n) is 10.0. The summed E-state index contributed by atoms with van der Waals surface area (Å²) in [7, 11) is 2.03. The van der Waals surface area contributed by atoms with Crippen LogP contribution in [0.5, 0.6) is 0 Å². The second-order valence-electron chi connectivity index (χ2n) is 4.36. The maximum absolute atomic E-state index is 5.84. The third kappa shape index (κ3) is 2.81. The summed E-state index contributed by atoms with van der Waals surface area (Å²) in [4.78, 5) is 10.4. The summed E-state index contributed by atoms with van der Waals surface area (Å²) < 4.78 is 0. The fourth-order valence-electron chi connectivity index (χ4n) is 1.24. The Labute approximate surface area is 96.5 Å². The highest BCUT2D eigenvalue weighted by Gasteiger charge is 2.22. The second kappa shape index (κ2) is 4.35. The van der Waals surface area contributed by atoms with Crippen LogP contribution in [0.4, 0.5) is 5.82 Å². The van der Waals surface area contributed by atoms with Crippen molar-refractivity contribution in [2.24, 2.45) is 0 Å². The molecule has 0 saturated carbocycles. The highest BCUT2D eigenvalue weighted by atomic mass is 35.5. The zero-order valence-corrected chi connectivity index (χ0v) is 10.8. The van der Waals surface area contributed by atoms with Crippen molar-refractivity contribution >= 4 is 17.4 Å². The predicted octanol–water partition coefficient (Wildman–Crippen LogP) is 3.06. The van der Waals surface area contributed by atoms with E-state index in [1.807, 2.05) is 20.0 Å². The van der Waals surface area contributed by atoms with E-state index >= 15 is 0 Å². The van der Waals surface area contributed by atoms with Gasteiger partial charge in [-0.1, -0.05) is 6.92 Å². The van der Waals surface area contributed by atoms with Crippen molar-refractivity contribution in [1.29, 1.82) is 0 Å². The summed E-state index contributed by atoms with van der Waals surface area (Å²) in [5, 5.41) is 0.309. The van der Waals surface area contributed by atoms with E-state index in [1.54, 1.807) is 0 Å². The molecule has 0 saturated heterocycles. The average molecular weight is 228 g/mol. The molecule has 0 spiro atoms. The summed E-state index contributed by atoms with van der Waals surface area (Å²) in [6.45, 7) is 8.44. The molecule has 0 radical (unpaired) electrons. The maximum atomic E-state index is 5.84. The highest BCUT2D eigenvalue weighted by Crippen LogP contribution is 2.24. The lowest BCUT2D eigenvalue weighted by molar-refractivity contribution is 0.467. The van der Waals surface area contributed by atoms with Crippen LogP contribution in [0.2, 0.25) is 5.28 Å². The lowest BCUT2D eigenvalue weighted by atomic mass is 10.00. The molecule has 0 aromatic carbocycles. The lowest BCUT2D eigenvalue weighted by Gasteiger charge is -2.35. The average Bonchev–Trinajstić information content (AvgIpc) is 2.15. The zero-order chi connectivity index (χ0) is 11.6. The predicted molar refractivity (Wildman–Crippen MR) is 64.6 cm³/mol. The van der Waals surface area contributed by atoms with Crippen LogP contribution in [0.3, 0.4) is 0 Å². The Bertz CT molecular complexity index is 329. The van der Waals surface area contributed by atoms with Crippen LogP contribution in [0.15, 0.2) is 6.07 Å². The van der Waals surface area contributed by atoms with Crippen molar-refractivity contribution in [3.63, 3.8) is 0 Å². The van der Waals surface area contributed by atoms with Crippen LogP contribution in [-0.4, -0.2) is 22.6 Å². The number of aryl methyl sites for hydroxylation is 1. The number of aromatic nitrogens is 2. The lowest BCUT2D eigenvalue weighted by Crippen LogP contribution is -2.41. The molecule has 84 valence electrons. The Balaban J connectivity index is 3.06. The molecule has 15 heavy (non-hydrogen) atoms. The molecule has 0 N–H and O–H groups in total. The van der Waals surface area contributed by atoms with Gasteiger partial charge in [-0.2, -0.15) is 0 Å². The molecule has 0 fully saturated rings. The number of anilines is 1. The largest absolute Gasteiger partial charge is 0.354 e. The summed E-state index contributed by atoms with van der Waals surface area (Å²) in [6.07, 6.45) is 1.05. The molecule has 0 aliphatic heterocycles. The molecule has 1 aromatic rings. The van der Waals surface area contributed by atoms with Gasteiger partial charge in [0.05, 0.1) is 0 Å². The highest BCUT2D eigenvalue weighted by molar-refractivity contribution is 6.28. The molecule has 1 aromatic heterocycles. The van der Waals surface area contributed by atoms with E-state index in [0.717, 1.165) is 17.9 Å². The van der Waals surface area contributed by atoms with Gasteiger partial charge in [-0.05, 0) is 38.8 Å². The fraction of sp³-hybridized carbons (Fsp3) is 0.636. The summed E-state index contributed by atoms with van der Waals surface area (Å²) >= 11 is 5.84. The SMILES string of the molecule is CCC(C)(C)N(C)c1cc(C)nc(Cl)n1. The van der Waals surface area contributed by atoms with Crippen LogP contribution in [0, 0.1) is 6.92 Å². The van der Waals surface area contributed by atoms with Crippen molar-refractivity contribution in [3.05, 3.63) is 17.0 Å². The summed E-state index contributed by atoms with van der Waals surface area (Å²) in [6, 6.07) is 1.95. The van der Waals surface area contributed by atoms with E-state index in [4.69, 9.17) is 11.6 Å². The second-order valence-corrected chi connectivity index (χ2v) is 4.70. The van der Waals surface area contributed by atoms with Gasteiger partial charge < -0.3 is 4.90 Å². The first-order valence-electron chi connectivity index (χ1n) is 5.12. The molecule has 0 bridgehead atoms. The Kier molecular flexibility index (Phi) is 3.55. The normalized spacial score (nSPS) is 11.6. The molecular formula is C11H18ClN3. The summed E-state index contributed by atoms with van der Waals surface area (Å²) in [5.41, 5.74) is 0.966. The maximum Gasteiger partial charge on any atom is 0.224 e. The molecular weight excluding hydrogens is 210 g/mol. The van der Waals surface area contributed by atoms with Crippen LogP contribution in [-0.2, 0) is 0 Å². The minimum atomic E-state index is 0.0735. The monoisotopic (exact) mass is 227 g/mol. The van der Waals surface area contributed by atoms with E-state index in [0.29, 0.717) is 5.28 Å². The minimum absolute atomic E-state index is 0.0735. The first-order chi connectivity index (χ1) is 6.86. The van der Waals surface area contributed by atoms with Gasteiger partial charge in [-0.3, -0.25) is 0 Å². The van der Waals surface area contributed by atoms with Crippen molar-refractivity contribution in [2.75, 3.05) is 11.9 Å². The van der Waals surface area contributed by atoms with Gasteiger partial charge in [0.1, 0.15) is 5.82 Å². The number of nitrogens with zero attached hydrogens (tertiary/aromatic N) is 3. The standard InChI is InChI=1S/C11H18ClN3/c1-6-11(3,4)15(5)9-7-8(2)13-10(12)14-9/h7H,6H2,1-5H3. The first-order valence-corrected chi connectivity index (χ1v) is 5.49. The van der Waals surface area contributed by atoms with Gasteiger partial charge in [-0.25, -0.2) is 9.97 Å². The van der Waals surface area contributed by atoms with Crippen molar-refractivity contribution < 1.29 is 0 Å². The van der Waals surface area contributed by atoms with E-state index in [2.05, 4.69) is 35.6 Å². The van der Waals surface area contributed by atoms with Crippen molar-refractivity contribution in [3.8, 4) is 0 Å². The van der Waals surface area contributed by atoms with Gasteiger partial charge in [0.15, 0.2) is 0 Å². The Morgan fingerprint density at radius 1 is 1.40 bits per heavy atom. The van der Waals surface area contributed by atoms with Gasteiger partial charge in [-0.15, -0.1) is 0 Å². The molecule has 1 heterocycles. The van der Waals surface area contributed by atoms with E-state index in [9.17, 15) is 0 Å². The van der Waals surface area contributed by atoms with Crippen LogP contribution >= 0.6 is 11.6 Å². The molecule has 0 aliphatic carbocycles. The van der Waals surface area contributed by atoms with E-state index < -0.39 is 0 Å². The Morgan fingerprint density at radius 2 is 2.00 bits per heavy atom. The fourth-order valence-corrected chi connectivity index (χ4v) is 1.46. The molecule has 0 aliphatic rings. The summed E-state index contributed by atoms with van der Waals surface area (Å²) in [5.74, 6) is 0.874. The molecule has 4 heteroatoms. The minimum Gasteiger partial charge on any atom is -0.354 e. The van der Waals surface area contributed by atoms with Crippen molar-refractivity contribution in [2.45, 2.75) is 39.7 Å². The van der Waals surface area contributed by atoms with E-state index in [1.165, 1.54) is 0 Å². The number of hydrogen-bond acceptors (Lipinski definition) is 3. The third-order valence-corrected chi connectivity index (χ3v) is 3.10. The van der Waals surface area contributed by atoms with Gasteiger partial charge in [0.25, 0.3) is 0 Å². The van der Waals surface area contributed by atoms with Gasteiger partial charge in [0, 0.05) is 24.3 Å². The van der Waals surface area contributed by atoms with E-state index in [-0.39, 0.29) is 5.54 Å². The van der Waals surface area contributed by atoms with Gasteiger partial charge in [0.2, 0.25) is 5.28 Å². The Hall–Kier alpha value is -0.830. The number of hydrogen-bond donors (Lipinski definition) is 0. The van der Waals surface area contributed by atoms with Crippen molar-refractivity contribution in [1.82, 2.24) is 9.97 Å². The van der Waals surface area contributed by atoms with Crippen LogP contribution in [0.25, 0.3) is 0 Å². The first kappa shape index (κ1) is 12.2. The molecule has 0 atom stereocenters. The molecule has 0 unspecified atom stereocenters. The topological polar surface area (TPSA) is 29.0 Å².